The third-order valence-electron chi connectivity index (χ3n) is 5.05. The van der Waals surface area contributed by atoms with Crippen molar-refractivity contribution in [2.45, 2.75) is 43.0 Å². The van der Waals surface area contributed by atoms with Gasteiger partial charge in [0.1, 0.15) is 6.04 Å². The van der Waals surface area contributed by atoms with Gasteiger partial charge < -0.3 is 4.90 Å². The summed E-state index contributed by atoms with van der Waals surface area (Å²) < 4.78 is 0. The Morgan fingerprint density at radius 1 is 1.11 bits per heavy atom. The van der Waals surface area contributed by atoms with E-state index in [4.69, 9.17) is 0 Å². The van der Waals surface area contributed by atoms with E-state index in [1.807, 2.05) is 18.2 Å². The first-order valence-electron chi connectivity index (χ1n) is 8.98. The lowest BCUT2D eigenvalue weighted by Crippen LogP contribution is -2.52. The summed E-state index contributed by atoms with van der Waals surface area (Å²) in [5.74, 6) is 0.0527. The van der Waals surface area contributed by atoms with E-state index < -0.39 is 6.04 Å². The zero-order valence-corrected chi connectivity index (χ0v) is 15.8. The van der Waals surface area contributed by atoms with Crippen molar-refractivity contribution in [1.29, 1.82) is 0 Å². The van der Waals surface area contributed by atoms with Crippen molar-refractivity contribution < 1.29 is 14.4 Å². The third kappa shape index (κ3) is 3.49. The van der Waals surface area contributed by atoms with E-state index in [9.17, 15) is 14.4 Å². The van der Waals surface area contributed by atoms with Gasteiger partial charge in [0, 0.05) is 29.2 Å². The number of carbonyl (C=O) groups is 3. The molecule has 3 amide bonds. The van der Waals surface area contributed by atoms with Crippen LogP contribution in [0.25, 0.3) is 0 Å². The van der Waals surface area contributed by atoms with Crippen LogP contribution in [-0.2, 0) is 21.9 Å². The van der Waals surface area contributed by atoms with Crippen LogP contribution in [0.1, 0.15) is 39.9 Å². The minimum atomic E-state index is -0.572. The van der Waals surface area contributed by atoms with Gasteiger partial charge in [-0.3, -0.25) is 19.7 Å². The van der Waals surface area contributed by atoms with Crippen LogP contribution in [0.4, 0.5) is 0 Å². The Balaban J connectivity index is 1.53. The molecule has 0 aliphatic carbocycles. The van der Waals surface area contributed by atoms with Crippen LogP contribution in [-0.4, -0.2) is 28.7 Å². The first kappa shape index (κ1) is 17.8. The van der Waals surface area contributed by atoms with Crippen molar-refractivity contribution in [2.24, 2.45) is 0 Å². The number of thioether (sulfide) groups is 1. The number of rotatable bonds is 4. The number of hydrogen-bond donors (Lipinski definition) is 1. The first-order valence-corrected chi connectivity index (χ1v) is 9.96. The average molecular weight is 380 g/mol. The van der Waals surface area contributed by atoms with E-state index >= 15 is 0 Å². The fourth-order valence-electron chi connectivity index (χ4n) is 3.54. The molecular weight excluding hydrogens is 360 g/mol. The van der Waals surface area contributed by atoms with E-state index in [-0.39, 0.29) is 24.1 Å². The molecule has 6 heteroatoms. The normalized spacial score (nSPS) is 19.2. The highest BCUT2D eigenvalue weighted by atomic mass is 32.2. The summed E-state index contributed by atoms with van der Waals surface area (Å²) in [6.07, 6.45) is 0.655. The Kier molecular flexibility index (Phi) is 4.74. The number of nitrogens with zero attached hydrogens (tertiary/aromatic N) is 1. The SMILES string of the molecule is Cc1ccc(CSc2cccc3c2CN(C2CCC(=O)NC2=O)C3=O)cc1. The molecule has 0 bridgehead atoms. The molecule has 2 aliphatic heterocycles. The topological polar surface area (TPSA) is 66.5 Å². The maximum absolute atomic E-state index is 12.8. The maximum atomic E-state index is 12.8. The largest absolute Gasteiger partial charge is 0.322 e. The second-order valence-corrected chi connectivity index (χ2v) is 7.97. The van der Waals surface area contributed by atoms with Gasteiger partial charge in [-0.15, -0.1) is 11.8 Å². The summed E-state index contributed by atoms with van der Waals surface area (Å²) in [5.41, 5.74) is 4.10. The molecule has 5 nitrogen and oxygen atoms in total. The number of benzene rings is 2. The molecule has 0 aromatic heterocycles. The number of carbonyl (C=O) groups excluding carboxylic acids is 3. The highest BCUT2D eigenvalue weighted by Gasteiger charge is 2.39. The molecule has 4 rings (SSSR count). The number of aryl methyl sites for hydroxylation is 1. The Morgan fingerprint density at radius 3 is 2.63 bits per heavy atom. The van der Waals surface area contributed by atoms with E-state index in [0.717, 1.165) is 16.2 Å². The van der Waals surface area contributed by atoms with E-state index in [1.54, 1.807) is 16.7 Å². The van der Waals surface area contributed by atoms with Gasteiger partial charge in [0.25, 0.3) is 5.91 Å². The van der Waals surface area contributed by atoms with Crippen molar-refractivity contribution in [3.63, 3.8) is 0 Å². The van der Waals surface area contributed by atoms with Crippen molar-refractivity contribution in [2.75, 3.05) is 0 Å². The molecule has 27 heavy (non-hydrogen) atoms. The molecule has 1 atom stereocenters. The Labute approximate surface area is 162 Å². The van der Waals surface area contributed by atoms with Gasteiger partial charge in [-0.25, -0.2) is 0 Å². The highest BCUT2D eigenvalue weighted by Crippen LogP contribution is 2.35. The van der Waals surface area contributed by atoms with Crippen LogP contribution < -0.4 is 5.32 Å². The van der Waals surface area contributed by atoms with Crippen LogP contribution in [0.5, 0.6) is 0 Å². The van der Waals surface area contributed by atoms with E-state index in [2.05, 4.69) is 36.5 Å². The second kappa shape index (κ2) is 7.19. The maximum Gasteiger partial charge on any atom is 0.255 e. The van der Waals surface area contributed by atoms with Gasteiger partial charge in [0.15, 0.2) is 0 Å². The molecule has 0 spiro atoms. The lowest BCUT2D eigenvalue weighted by atomic mass is 10.0. The zero-order chi connectivity index (χ0) is 19.0. The number of nitrogens with one attached hydrogen (secondary N) is 1. The number of fused-ring (bicyclic) bond motifs is 1. The van der Waals surface area contributed by atoms with Crippen LogP contribution >= 0.6 is 11.8 Å². The number of hydrogen-bond acceptors (Lipinski definition) is 4. The number of imide groups is 1. The standard InChI is InChI=1S/C21H20N2O3S/c1-13-5-7-14(8-6-13)12-27-18-4-2-3-15-16(18)11-23(21(15)26)17-9-10-19(24)22-20(17)25/h2-8,17H,9-12H2,1H3,(H,22,24,25). The molecular formula is C21H20N2O3S. The fourth-order valence-corrected chi connectivity index (χ4v) is 4.58. The summed E-state index contributed by atoms with van der Waals surface area (Å²) >= 11 is 1.70. The monoisotopic (exact) mass is 380 g/mol. The quantitative estimate of drug-likeness (QED) is 0.654. The van der Waals surface area contributed by atoms with Gasteiger partial charge in [-0.05, 0) is 36.6 Å². The molecule has 138 valence electrons. The van der Waals surface area contributed by atoms with Crippen molar-refractivity contribution in [3.05, 3.63) is 64.7 Å². The fraction of sp³-hybridized carbons (Fsp3) is 0.286. The third-order valence-corrected chi connectivity index (χ3v) is 6.23. The summed E-state index contributed by atoms with van der Waals surface area (Å²) in [6, 6.07) is 13.6. The lowest BCUT2D eigenvalue weighted by molar-refractivity contribution is -0.136. The van der Waals surface area contributed by atoms with Crippen molar-refractivity contribution >= 4 is 29.5 Å². The molecule has 2 aliphatic rings. The molecule has 0 radical (unpaired) electrons. The van der Waals surface area contributed by atoms with Gasteiger partial charge in [-0.1, -0.05) is 35.9 Å². The lowest BCUT2D eigenvalue weighted by Gasteiger charge is -2.29. The Bertz CT molecular complexity index is 924. The smallest absolute Gasteiger partial charge is 0.255 e. The zero-order valence-electron chi connectivity index (χ0n) is 15.0. The van der Waals surface area contributed by atoms with Crippen molar-refractivity contribution in [3.8, 4) is 0 Å². The summed E-state index contributed by atoms with van der Waals surface area (Å²) in [4.78, 5) is 39.1. The second-order valence-electron chi connectivity index (χ2n) is 6.96. The summed E-state index contributed by atoms with van der Waals surface area (Å²) in [6.45, 7) is 2.48. The average Bonchev–Trinajstić information content (AvgIpc) is 2.99. The van der Waals surface area contributed by atoms with Crippen LogP contribution in [0, 0.1) is 6.92 Å². The van der Waals surface area contributed by atoms with E-state index in [0.29, 0.717) is 18.5 Å². The first-order chi connectivity index (χ1) is 13.0. The van der Waals surface area contributed by atoms with Crippen LogP contribution in [0.2, 0.25) is 0 Å². The highest BCUT2D eigenvalue weighted by molar-refractivity contribution is 7.98. The number of amides is 3. The Morgan fingerprint density at radius 2 is 1.89 bits per heavy atom. The molecule has 1 fully saturated rings. The molecule has 0 saturated carbocycles. The van der Waals surface area contributed by atoms with Crippen LogP contribution in [0.3, 0.4) is 0 Å². The molecule has 1 saturated heterocycles. The van der Waals surface area contributed by atoms with Crippen molar-refractivity contribution in [1.82, 2.24) is 10.2 Å². The summed E-state index contributed by atoms with van der Waals surface area (Å²) in [7, 11) is 0. The molecule has 2 aromatic carbocycles. The summed E-state index contributed by atoms with van der Waals surface area (Å²) in [5, 5.41) is 2.34. The van der Waals surface area contributed by atoms with Gasteiger partial charge in [0.05, 0.1) is 0 Å². The van der Waals surface area contributed by atoms with Gasteiger partial charge in [0.2, 0.25) is 11.8 Å². The molecule has 1 unspecified atom stereocenters. The molecule has 2 heterocycles. The van der Waals surface area contributed by atoms with E-state index in [1.165, 1.54) is 11.1 Å². The minimum absolute atomic E-state index is 0.128. The predicted octanol–water partition coefficient (Wildman–Crippen LogP) is 3.05. The minimum Gasteiger partial charge on any atom is -0.322 e. The molecule has 2 aromatic rings. The Hall–Kier alpha value is -2.60. The predicted molar refractivity (Wildman–Crippen MR) is 103 cm³/mol. The molecule has 1 N–H and O–H groups in total. The van der Waals surface area contributed by atoms with Gasteiger partial charge in [-0.2, -0.15) is 0 Å². The number of piperidine rings is 1. The van der Waals surface area contributed by atoms with Crippen LogP contribution in [0.15, 0.2) is 47.4 Å². The van der Waals surface area contributed by atoms with Gasteiger partial charge >= 0.3 is 0 Å².